The van der Waals surface area contributed by atoms with Crippen LogP contribution in [0.3, 0.4) is 0 Å². The van der Waals surface area contributed by atoms with E-state index in [1.807, 2.05) is 0 Å². The first-order valence-corrected chi connectivity index (χ1v) is 6.73. The third-order valence-corrected chi connectivity index (χ3v) is 3.76. The molecule has 1 amide bonds. The predicted molar refractivity (Wildman–Crippen MR) is 66.8 cm³/mol. The van der Waals surface area contributed by atoms with Crippen molar-refractivity contribution < 1.29 is 9.53 Å². The van der Waals surface area contributed by atoms with E-state index in [2.05, 4.69) is 10.6 Å². The molecule has 0 spiro atoms. The highest BCUT2D eigenvalue weighted by Gasteiger charge is 2.41. The summed E-state index contributed by atoms with van der Waals surface area (Å²) in [5.41, 5.74) is 0.475. The fourth-order valence-electron chi connectivity index (χ4n) is 2.09. The van der Waals surface area contributed by atoms with Crippen molar-refractivity contribution in [3.63, 3.8) is 0 Å². The Kier molecular flexibility index (Phi) is 4.40. The molecular formula is C13H24N2O2. The Labute approximate surface area is 103 Å². The Bertz CT molecular complexity index is 260. The molecule has 2 aliphatic rings. The molecule has 0 aromatic carbocycles. The smallest absolute Gasteiger partial charge is 0.221 e. The topological polar surface area (TPSA) is 50.4 Å². The monoisotopic (exact) mass is 240 g/mol. The molecule has 2 saturated carbocycles. The standard InChI is InChI=1S/C13H24N2O2/c1-17-9-7-13(5-6-13)10-14-8-4-12(16)15-11-2-3-11/h11,14H,2-10H2,1H3,(H,15,16). The van der Waals surface area contributed by atoms with Crippen molar-refractivity contribution in [2.24, 2.45) is 5.41 Å². The molecule has 0 aromatic rings. The predicted octanol–water partition coefficient (Wildman–Crippen LogP) is 1.06. The van der Waals surface area contributed by atoms with E-state index in [1.54, 1.807) is 7.11 Å². The lowest BCUT2D eigenvalue weighted by Crippen LogP contribution is -2.31. The van der Waals surface area contributed by atoms with Crippen LogP contribution >= 0.6 is 0 Å². The summed E-state index contributed by atoms with van der Waals surface area (Å²) in [6, 6.07) is 0.485. The van der Waals surface area contributed by atoms with Crippen molar-refractivity contribution in [3.8, 4) is 0 Å². The van der Waals surface area contributed by atoms with E-state index in [4.69, 9.17) is 4.74 Å². The summed E-state index contributed by atoms with van der Waals surface area (Å²) in [6.07, 6.45) is 6.69. The molecule has 0 aromatic heterocycles. The lowest BCUT2D eigenvalue weighted by Gasteiger charge is -2.15. The third-order valence-electron chi connectivity index (χ3n) is 3.76. The maximum absolute atomic E-state index is 11.4. The number of methoxy groups -OCH3 is 1. The van der Waals surface area contributed by atoms with E-state index >= 15 is 0 Å². The van der Waals surface area contributed by atoms with Crippen molar-refractivity contribution in [1.29, 1.82) is 0 Å². The van der Waals surface area contributed by atoms with Crippen LogP contribution in [0, 0.1) is 5.41 Å². The fourth-order valence-corrected chi connectivity index (χ4v) is 2.09. The second kappa shape index (κ2) is 5.83. The average molecular weight is 240 g/mol. The minimum atomic E-state index is 0.196. The van der Waals surface area contributed by atoms with Crippen LogP contribution in [0.2, 0.25) is 0 Å². The lowest BCUT2D eigenvalue weighted by atomic mass is 10.0. The maximum Gasteiger partial charge on any atom is 0.221 e. The quantitative estimate of drug-likeness (QED) is 0.593. The van der Waals surface area contributed by atoms with Crippen LogP contribution in [0.15, 0.2) is 0 Å². The van der Waals surface area contributed by atoms with Crippen LogP contribution in [0.25, 0.3) is 0 Å². The van der Waals surface area contributed by atoms with Crippen LogP contribution in [0.1, 0.15) is 38.5 Å². The van der Waals surface area contributed by atoms with Gasteiger partial charge in [0.25, 0.3) is 0 Å². The van der Waals surface area contributed by atoms with Crippen molar-refractivity contribution in [2.45, 2.75) is 44.6 Å². The van der Waals surface area contributed by atoms with Crippen molar-refractivity contribution in [3.05, 3.63) is 0 Å². The third kappa shape index (κ3) is 4.64. The minimum absolute atomic E-state index is 0.196. The largest absolute Gasteiger partial charge is 0.385 e. The summed E-state index contributed by atoms with van der Waals surface area (Å²) in [5, 5.41) is 6.41. The van der Waals surface area contributed by atoms with E-state index < -0.39 is 0 Å². The van der Waals surface area contributed by atoms with Crippen LogP contribution in [-0.4, -0.2) is 38.8 Å². The Morgan fingerprint density at radius 3 is 2.76 bits per heavy atom. The van der Waals surface area contributed by atoms with Gasteiger partial charge in [0.1, 0.15) is 0 Å². The Balaban J connectivity index is 1.49. The molecule has 17 heavy (non-hydrogen) atoms. The van der Waals surface area contributed by atoms with E-state index in [1.165, 1.54) is 25.7 Å². The van der Waals surface area contributed by atoms with Gasteiger partial charge < -0.3 is 15.4 Å². The SMILES string of the molecule is COCCC1(CNCCC(=O)NC2CC2)CC1. The van der Waals surface area contributed by atoms with Gasteiger partial charge in [0, 0.05) is 39.3 Å². The molecule has 2 fully saturated rings. The van der Waals surface area contributed by atoms with Gasteiger partial charge in [-0.3, -0.25) is 4.79 Å². The molecule has 0 atom stereocenters. The molecule has 0 bridgehead atoms. The second-order valence-corrected chi connectivity index (χ2v) is 5.51. The van der Waals surface area contributed by atoms with Gasteiger partial charge in [0.05, 0.1) is 0 Å². The van der Waals surface area contributed by atoms with Gasteiger partial charge in [-0.05, 0) is 37.5 Å². The number of carbonyl (C=O) groups excluding carboxylic acids is 1. The highest BCUT2D eigenvalue weighted by Crippen LogP contribution is 2.48. The maximum atomic E-state index is 11.4. The number of ether oxygens (including phenoxy) is 1. The molecule has 2 N–H and O–H groups in total. The molecule has 4 heteroatoms. The van der Waals surface area contributed by atoms with Crippen LogP contribution in [-0.2, 0) is 9.53 Å². The van der Waals surface area contributed by atoms with E-state index in [-0.39, 0.29) is 5.91 Å². The van der Waals surface area contributed by atoms with E-state index in [0.717, 1.165) is 26.1 Å². The van der Waals surface area contributed by atoms with Crippen LogP contribution in [0.4, 0.5) is 0 Å². The minimum Gasteiger partial charge on any atom is -0.385 e. The van der Waals surface area contributed by atoms with E-state index in [0.29, 0.717) is 17.9 Å². The second-order valence-electron chi connectivity index (χ2n) is 5.51. The number of amides is 1. The molecule has 2 rings (SSSR count). The van der Waals surface area contributed by atoms with Crippen molar-refractivity contribution >= 4 is 5.91 Å². The highest BCUT2D eigenvalue weighted by molar-refractivity contribution is 5.76. The van der Waals surface area contributed by atoms with Gasteiger partial charge in [-0.25, -0.2) is 0 Å². The van der Waals surface area contributed by atoms with Gasteiger partial charge in [-0.2, -0.15) is 0 Å². The first kappa shape index (κ1) is 12.8. The average Bonchev–Trinajstić information content (AvgIpc) is 3.19. The van der Waals surface area contributed by atoms with Crippen LogP contribution < -0.4 is 10.6 Å². The Morgan fingerprint density at radius 1 is 1.41 bits per heavy atom. The van der Waals surface area contributed by atoms with Crippen molar-refractivity contribution in [1.82, 2.24) is 10.6 Å². The lowest BCUT2D eigenvalue weighted by molar-refractivity contribution is -0.121. The van der Waals surface area contributed by atoms with Gasteiger partial charge in [0.2, 0.25) is 5.91 Å². The molecule has 0 radical (unpaired) electrons. The summed E-state index contributed by atoms with van der Waals surface area (Å²) in [6.45, 7) is 2.68. The summed E-state index contributed by atoms with van der Waals surface area (Å²) in [7, 11) is 1.76. The number of hydrogen-bond donors (Lipinski definition) is 2. The van der Waals surface area contributed by atoms with Gasteiger partial charge in [0.15, 0.2) is 0 Å². The molecule has 0 unspecified atom stereocenters. The molecule has 98 valence electrons. The zero-order valence-corrected chi connectivity index (χ0v) is 10.8. The van der Waals surface area contributed by atoms with Crippen LogP contribution in [0.5, 0.6) is 0 Å². The summed E-state index contributed by atoms with van der Waals surface area (Å²) >= 11 is 0. The molecule has 0 saturated heterocycles. The molecule has 4 nitrogen and oxygen atoms in total. The van der Waals surface area contributed by atoms with Gasteiger partial charge in [-0.1, -0.05) is 0 Å². The first-order chi connectivity index (χ1) is 8.24. The summed E-state index contributed by atoms with van der Waals surface area (Å²) in [5.74, 6) is 0.196. The number of carbonyl (C=O) groups is 1. The summed E-state index contributed by atoms with van der Waals surface area (Å²) < 4.78 is 5.12. The first-order valence-electron chi connectivity index (χ1n) is 6.73. The van der Waals surface area contributed by atoms with Gasteiger partial charge >= 0.3 is 0 Å². The zero-order valence-electron chi connectivity index (χ0n) is 10.8. The zero-order chi connectivity index (χ0) is 12.1. The molecule has 2 aliphatic carbocycles. The molecule has 0 heterocycles. The van der Waals surface area contributed by atoms with E-state index in [9.17, 15) is 4.79 Å². The summed E-state index contributed by atoms with van der Waals surface area (Å²) in [4.78, 5) is 11.4. The Hall–Kier alpha value is -0.610. The van der Waals surface area contributed by atoms with Crippen molar-refractivity contribution in [2.75, 3.05) is 26.8 Å². The molecule has 0 aliphatic heterocycles. The Morgan fingerprint density at radius 2 is 2.18 bits per heavy atom. The number of hydrogen-bond acceptors (Lipinski definition) is 3. The van der Waals surface area contributed by atoms with Gasteiger partial charge in [-0.15, -0.1) is 0 Å². The number of nitrogens with one attached hydrogen (secondary N) is 2. The number of rotatable bonds is 9. The molecular weight excluding hydrogens is 216 g/mol. The highest BCUT2D eigenvalue weighted by atomic mass is 16.5. The fraction of sp³-hybridized carbons (Fsp3) is 0.923. The normalized spacial score (nSPS) is 21.2.